The Labute approximate surface area is 112 Å². The van der Waals surface area contributed by atoms with Gasteiger partial charge in [0.15, 0.2) is 0 Å². The lowest BCUT2D eigenvalue weighted by atomic mass is 9.98. The Morgan fingerprint density at radius 2 is 1.79 bits per heavy atom. The largest absolute Gasteiger partial charge is 0.496 e. The highest BCUT2D eigenvalue weighted by molar-refractivity contribution is 6.32. The standard InChI is InChI=1S/C14H19NO4/c1-8-6-11(7-15-13(16)14(17)19-5)9(2)10(3)12(8)18-4/h6H,7H2,1-5H3,(H,15,16). The highest BCUT2D eigenvalue weighted by Crippen LogP contribution is 2.28. The Morgan fingerprint density at radius 3 is 2.32 bits per heavy atom. The van der Waals surface area contributed by atoms with E-state index in [4.69, 9.17) is 4.74 Å². The van der Waals surface area contributed by atoms with E-state index in [0.29, 0.717) is 0 Å². The first-order valence-electron chi connectivity index (χ1n) is 5.92. The molecule has 19 heavy (non-hydrogen) atoms. The van der Waals surface area contributed by atoms with Crippen LogP contribution in [0.1, 0.15) is 22.3 Å². The molecule has 0 heterocycles. The zero-order chi connectivity index (χ0) is 14.6. The van der Waals surface area contributed by atoms with Gasteiger partial charge >= 0.3 is 11.9 Å². The van der Waals surface area contributed by atoms with Gasteiger partial charge in [0.1, 0.15) is 5.75 Å². The summed E-state index contributed by atoms with van der Waals surface area (Å²) in [5, 5.41) is 2.53. The Kier molecular flexibility index (Phi) is 4.92. The van der Waals surface area contributed by atoms with Crippen LogP contribution in [-0.2, 0) is 20.9 Å². The number of rotatable bonds is 3. The number of esters is 1. The molecule has 0 atom stereocenters. The lowest BCUT2D eigenvalue weighted by Crippen LogP contribution is -2.31. The second kappa shape index (κ2) is 6.22. The number of carbonyl (C=O) groups is 2. The van der Waals surface area contributed by atoms with Crippen LogP contribution in [0.25, 0.3) is 0 Å². The molecule has 104 valence electrons. The first kappa shape index (κ1) is 15.0. The minimum atomic E-state index is -0.889. The number of amides is 1. The molecule has 0 aromatic heterocycles. The summed E-state index contributed by atoms with van der Waals surface area (Å²) in [6.45, 7) is 6.14. The normalized spacial score (nSPS) is 9.95. The topological polar surface area (TPSA) is 64.6 Å². The number of benzene rings is 1. The van der Waals surface area contributed by atoms with E-state index < -0.39 is 11.9 Å². The van der Waals surface area contributed by atoms with Gasteiger partial charge in [-0.2, -0.15) is 0 Å². The van der Waals surface area contributed by atoms with Crippen molar-refractivity contribution in [2.24, 2.45) is 0 Å². The van der Waals surface area contributed by atoms with Crippen molar-refractivity contribution in [2.45, 2.75) is 27.3 Å². The summed E-state index contributed by atoms with van der Waals surface area (Å²) in [4.78, 5) is 22.3. The fraction of sp³-hybridized carbons (Fsp3) is 0.429. The van der Waals surface area contributed by atoms with Gasteiger partial charge in [0.2, 0.25) is 0 Å². The summed E-state index contributed by atoms with van der Waals surface area (Å²) in [6, 6.07) is 1.94. The molecule has 0 fully saturated rings. The fourth-order valence-corrected chi connectivity index (χ4v) is 1.98. The number of aryl methyl sites for hydroxylation is 1. The molecule has 0 spiro atoms. The van der Waals surface area contributed by atoms with Crippen LogP contribution in [0.4, 0.5) is 0 Å². The smallest absolute Gasteiger partial charge is 0.396 e. The molecule has 0 aliphatic rings. The van der Waals surface area contributed by atoms with Crippen molar-refractivity contribution in [3.8, 4) is 5.75 Å². The van der Waals surface area contributed by atoms with Gasteiger partial charge in [-0.05, 0) is 43.0 Å². The summed E-state index contributed by atoms with van der Waals surface area (Å²) in [5.74, 6) is -0.784. The summed E-state index contributed by atoms with van der Waals surface area (Å²) in [7, 11) is 2.81. The number of nitrogens with one attached hydrogen (secondary N) is 1. The van der Waals surface area contributed by atoms with Crippen LogP contribution >= 0.6 is 0 Å². The molecule has 0 aliphatic carbocycles. The molecule has 0 bridgehead atoms. The second-order valence-electron chi connectivity index (χ2n) is 4.31. The molecular weight excluding hydrogens is 246 g/mol. The van der Waals surface area contributed by atoms with E-state index >= 15 is 0 Å². The summed E-state index contributed by atoms with van der Waals surface area (Å²) in [5.41, 5.74) is 4.01. The van der Waals surface area contributed by atoms with Crippen LogP contribution in [0.5, 0.6) is 5.75 Å². The number of carbonyl (C=O) groups excluding carboxylic acids is 2. The highest BCUT2D eigenvalue weighted by Gasteiger charge is 2.15. The molecule has 1 aromatic rings. The van der Waals surface area contributed by atoms with Gasteiger partial charge in [-0.25, -0.2) is 4.79 Å². The minimum absolute atomic E-state index is 0.283. The molecule has 0 aliphatic heterocycles. The van der Waals surface area contributed by atoms with E-state index in [0.717, 1.165) is 28.0 Å². The van der Waals surface area contributed by atoms with E-state index in [-0.39, 0.29) is 6.54 Å². The molecule has 5 heteroatoms. The van der Waals surface area contributed by atoms with Crippen molar-refractivity contribution >= 4 is 11.9 Å². The number of methoxy groups -OCH3 is 2. The Hall–Kier alpha value is -2.04. The maximum atomic E-state index is 11.3. The van der Waals surface area contributed by atoms with Crippen molar-refractivity contribution in [2.75, 3.05) is 14.2 Å². The van der Waals surface area contributed by atoms with Crippen molar-refractivity contribution < 1.29 is 19.1 Å². The van der Waals surface area contributed by atoms with Gasteiger partial charge in [-0.3, -0.25) is 4.79 Å². The van der Waals surface area contributed by atoms with Gasteiger partial charge in [-0.15, -0.1) is 0 Å². The van der Waals surface area contributed by atoms with E-state index in [9.17, 15) is 9.59 Å². The van der Waals surface area contributed by atoms with E-state index in [2.05, 4.69) is 10.1 Å². The van der Waals surface area contributed by atoms with Crippen LogP contribution in [0.15, 0.2) is 6.07 Å². The Bertz CT molecular complexity index is 509. The van der Waals surface area contributed by atoms with Crippen molar-refractivity contribution in [3.05, 3.63) is 28.3 Å². The minimum Gasteiger partial charge on any atom is -0.496 e. The molecule has 0 unspecified atom stereocenters. The molecule has 5 nitrogen and oxygen atoms in total. The zero-order valence-electron chi connectivity index (χ0n) is 11.9. The van der Waals surface area contributed by atoms with Gasteiger partial charge in [-0.1, -0.05) is 6.07 Å². The summed E-state index contributed by atoms with van der Waals surface area (Å²) < 4.78 is 9.67. The molecule has 1 amide bonds. The first-order chi connectivity index (χ1) is 8.92. The Morgan fingerprint density at radius 1 is 1.16 bits per heavy atom. The van der Waals surface area contributed by atoms with Crippen molar-refractivity contribution in [1.82, 2.24) is 5.32 Å². The maximum absolute atomic E-state index is 11.3. The number of ether oxygens (including phenoxy) is 2. The Balaban J connectivity index is 2.92. The second-order valence-corrected chi connectivity index (χ2v) is 4.31. The van der Waals surface area contributed by atoms with E-state index in [1.54, 1.807) is 7.11 Å². The fourth-order valence-electron chi connectivity index (χ4n) is 1.98. The summed E-state index contributed by atoms with van der Waals surface area (Å²) >= 11 is 0. The van der Waals surface area contributed by atoms with Crippen molar-refractivity contribution in [3.63, 3.8) is 0 Å². The predicted molar refractivity (Wildman–Crippen MR) is 71.1 cm³/mol. The first-order valence-corrected chi connectivity index (χ1v) is 5.92. The highest BCUT2D eigenvalue weighted by atomic mass is 16.5. The van der Waals surface area contributed by atoms with Crippen LogP contribution in [-0.4, -0.2) is 26.1 Å². The van der Waals surface area contributed by atoms with Crippen LogP contribution in [0.3, 0.4) is 0 Å². The van der Waals surface area contributed by atoms with E-state index in [1.807, 2.05) is 26.8 Å². The monoisotopic (exact) mass is 265 g/mol. The average molecular weight is 265 g/mol. The van der Waals surface area contributed by atoms with Gasteiger partial charge < -0.3 is 14.8 Å². The number of hydrogen-bond donors (Lipinski definition) is 1. The number of hydrogen-bond acceptors (Lipinski definition) is 4. The van der Waals surface area contributed by atoms with E-state index in [1.165, 1.54) is 7.11 Å². The third kappa shape index (κ3) is 3.24. The van der Waals surface area contributed by atoms with Crippen LogP contribution in [0.2, 0.25) is 0 Å². The molecule has 0 radical (unpaired) electrons. The maximum Gasteiger partial charge on any atom is 0.396 e. The predicted octanol–water partition coefficient (Wildman–Crippen LogP) is 1.41. The summed E-state index contributed by atoms with van der Waals surface area (Å²) in [6.07, 6.45) is 0. The molecule has 1 aromatic carbocycles. The molecule has 1 N–H and O–H groups in total. The third-order valence-corrected chi connectivity index (χ3v) is 3.15. The third-order valence-electron chi connectivity index (χ3n) is 3.15. The van der Waals surface area contributed by atoms with Gasteiger partial charge in [0.25, 0.3) is 0 Å². The molecule has 0 saturated heterocycles. The molecular formula is C14H19NO4. The van der Waals surface area contributed by atoms with Gasteiger partial charge in [0.05, 0.1) is 14.2 Å². The lowest BCUT2D eigenvalue weighted by molar-refractivity contribution is -0.152. The average Bonchev–Trinajstić information content (AvgIpc) is 2.40. The van der Waals surface area contributed by atoms with Crippen LogP contribution in [0, 0.1) is 20.8 Å². The molecule has 0 saturated carbocycles. The van der Waals surface area contributed by atoms with Gasteiger partial charge in [0, 0.05) is 6.54 Å². The SMILES string of the molecule is COC(=O)C(=O)NCc1cc(C)c(OC)c(C)c1C. The van der Waals surface area contributed by atoms with Crippen LogP contribution < -0.4 is 10.1 Å². The van der Waals surface area contributed by atoms with Crippen molar-refractivity contribution in [1.29, 1.82) is 0 Å². The zero-order valence-corrected chi connectivity index (χ0v) is 11.9. The molecule has 1 rings (SSSR count). The quantitative estimate of drug-likeness (QED) is 0.663. The lowest BCUT2D eigenvalue weighted by Gasteiger charge is -2.15.